The van der Waals surface area contributed by atoms with Gasteiger partial charge in [0, 0.05) is 22.5 Å². The van der Waals surface area contributed by atoms with Crippen molar-refractivity contribution in [2.24, 2.45) is 0 Å². The van der Waals surface area contributed by atoms with Gasteiger partial charge in [-0.3, -0.25) is 9.59 Å². The van der Waals surface area contributed by atoms with E-state index >= 15 is 0 Å². The Morgan fingerprint density at radius 2 is 0.770 bits per heavy atom. The van der Waals surface area contributed by atoms with E-state index in [9.17, 15) is 29.4 Å². The number of ether oxygens (including phenoxy) is 14. The van der Waals surface area contributed by atoms with Crippen LogP contribution in [0.5, 0.6) is 0 Å². The zero-order valence-corrected chi connectivity index (χ0v) is 51.0. The maximum Gasteiger partial charge on any atom is 0.336 e. The molecular formula is C65H80N2O20. The average molecular weight is 1210 g/mol. The van der Waals surface area contributed by atoms with Crippen LogP contribution in [-0.2, 0) is 98.7 Å². The van der Waals surface area contributed by atoms with Gasteiger partial charge in [0.1, 0.15) is 97.7 Å². The first kappa shape index (κ1) is 63.9. The summed E-state index contributed by atoms with van der Waals surface area (Å²) in [7, 11) is 2.54. The number of fused-ring (bicyclic) bond motifs is 4. The number of rotatable bonds is 16. The van der Waals surface area contributed by atoms with Gasteiger partial charge in [0.15, 0.2) is 23.1 Å². The molecule has 0 unspecified atom stereocenters. The van der Waals surface area contributed by atoms with Crippen molar-refractivity contribution in [3.05, 3.63) is 143 Å². The molecule has 2 amide bonds. The molecule has 11 rings (SSSR count). The molecule has 0 radical (unpaired) electrons. The van der Waals surface area contributed by atoms with Crippen molar-refractivity contribution in [2.75, 3.05) is 24.9 Å². The molecule has 22 nitrogen and oxygen atoms in total. The van der Waals surface area contributed by atoms with Gasteiger partial charge in [0.05, 0.1) is 38.6 Å². The van der Waals surface area contributed by atoms with Gasteiger partial charge < -0.3 is 87.2 Å². The van der Waals surface area contributed by atoms with Crippen LogP contribution in [-0.4, -0.2) is 169 Å². The Kier molecular flexibility index (Phi) is 19.0. The van der Waals surface area contributed by atoms with Crippen LogP contribution in [0.3, 0.4) is 0 Å². The van der Waals surface area contributed by atoms with Crippen molar-refractivity contribution in [3.63, 3.8) is 0 Å². The number of nitrogens with one attached hydrogen (secondary N) is 2. The zero-order valence-electron chi connectivity index (χ0n) is 51.0. The molecule has 4 aliphatic carbocycles. The van der Waals surface area contributed by atoms with E-state index in [4.69, 9.17) is 66.3 Å². The molecule has 4 fully saturated rings. The molecular weight excluding hydrogens is 1130 g/mol. The van der Waals surface area contributed by atoms with Crippen LogP contribution >= 0.6 is 0 Å². The Labute approximate surface area is 506 Å². The average Bonchev–Trinajstić information content (AvgIpc) is 1.75. The molecule has 0 bridgehead atoms. The number of carbonyl (C=O) groups is 4. The molecule has 87 heavy (non-hydrogen) atoms. The van der Waals surface area contributed by atoms with E-state index in [1.165, 1.54) is 32.8 Å². The number of hydrogen-bond donors (Lipinski definition) is 4. The summed E-state index contributed by atoms with van der Waals surface area (Å²) in [5, 5.41) is 30.0. The standard InChI is InChI=1S/C62H72N2O20.C3H8/c1-59(2)77-45-35(25-39(43(65)51(45)81-59)75-49-41(73-29-31-18-13-11-14-19-31)27-37(57(69)71-9)47-53(49)83-61(5,6)79-47)55(67)63-33-22-17-23-34(24-33)64-56(68)36-26-40(44(66)52-46(36)78-60(3,4)82-52)76-50-42(74-30-32-20-15-12-16-21-32)28-38(58(70)72-10)48-54(50)84-62(7,8)80-48;1-3-2/h11-28,39-54,65-66H,29-30H2,1-10H3,(H,63,67)(H,64,68);3H2,1-2H3/t39-,40-,41-,42-,43+,44+,45+,46+,47+,48+,49+,50+,51-,52-,53+,54+;/m0./s1. The van der Waals surface area contributed by atoms with E-state index < -0.39 is 145 Å². The summed E-state index contributed by atoms with van der Waals surface area (Å²) in [6.07, 6.45) is -9.69. The molecule has 0 spiro atoms. The third-order valence-corrected chi connectivity index (χ3v) is 15.7. The lowest BCUT2D eigenvalue weighted by Gasteiger charge is -2.41. The number of esters is 2. The topological polar surface area (TPSA) is 262 Å². The monoisotopic (exact) mass is 1210 g/mol. The second-order valence-electron chi connectivity index (χ2n) is 24.4. The molecule has 4 heterocycles. The zero-order chi connectivity index (χ0) is 62.3. The molecule has 0 aromatic heterocycles. The number of methoxy groups -OCH3 is 2. The van der Waals surface area contributed by atoms with E-state index in [-0.39, 0.29) is 46.9 Å². The van der Waals surface area contributed by atoms with E-state index in [1.807, 2.05) is 60.7 Å². The van der Waals surface area contributed by atoms with Crippen molar-refractivity contribution in [2.45, 2.75) is 210 Å². The van der Waals surface area contributed by atoms with Gasteiger partial charge in [-0.15, -0.1) is 0 Å². The molecule has 0 saturated carbocycles. The highest BCUT2D eigenvalue weighted by Gasteiger charge is 2.60. The number of anilines is 2. The van der Waals surface area contributed by atoms with E-state index in [2.05, 4.69) is 24.5 Å². The molecule has 16 atom stereocenters. The molecule has 3 aromatic rings. The minimum atomic E-state index is -1.37. The number of amides is 2. The molecule has 3 aromatic carbocycles. The van der Waals surface area contributed by atoms with Crippen molar-refractivity contribution < 1.29 is 95.7 Å². The fourth-order valence-corrected chi connectivity index (χ4v) is 12.1. The summed E-state index contributed by atoms with van der Waals surface area (Å²) < 4.78 is 87.3. The minimum Gasteiger partial charge on any atom is -0.466 e. The number of aliphatic hydroxyl groups is 2. The number of benzene rings is 3. The second kappa shape index (κ2) is 25.8. The van der Waals surface area contributed by atoms with Crippen LogP contribution in [0.15, 0.2) is 132 Å². The molecule has 470 valence electrons. The van der Waals surface area contributed by atoms with Crippen LogP contribution in [0, 0.1) is 0 Å². The first-order valence-corrected chi connectivity index (χ1v) is 29.5. The van der Waals surface area contributed by atoms with E-state index in [0.29, 0.717) is 0 Å². The van der Waals surface area contributed by atoms with Crippen molar-refractivity contribution in [1.29, 1.82) is 0 Å². The fourth-order valence-electron chi connectivity index (χ4n) is 12.1. The normalized spacial score (nSPS) is 33.7. The highest BCUT2D eigenvalue weighted by atomic mass is 16.8. The van der Waals surface area contributed by atoms with Crippen molar-refractivity contribution in [3.8, 4) is 0 Å². The number of aliphatic hydroxyl groups excluding tert-OH is 2. The fraction of sp³-hybridized carbons (Fsp3) is 0.538. The van der Waals surface area contributed by atoms with E-state index in [1.54, 1.807) is 91.8 Å². The third kappa shape index (κ3) is 14.0. The SMILES string of the molecule is CCC.COC(=O)C1=C[C@H](OCc2ccccc2)[C@@H](O[C@H]2C=C(C(=O)Nc3cccc(NC(=O)C4=C[C@H](O[C@H]5[C@@H]6OC(C)(C)O[C@@H]6C(C(=O)OC)=C[C@@H]5OCc5ccccc5)[C@@H](O)[C@@H]5OC(C)(C)O[C@H]45)c3)[C@H]3OC(C)(C)O[C@H]3[C@@H]2O)[C@@H]2OC(C)(C)O[C@H]12. The quantitative estimate of drug-likeness (QED) is 0.111. The van der Waals surface area contributed by atoms with Crippen LogP contribution < -0.4 is 10.6 Å². The van der Waals surface area contributed by atoms with Crippen LogP contribution in [0.4, 0.5) is 11.4 Å². The summed E-state index contributed by atoms with van der Waals surface area (Å²) >= 11 is 0. The predicted molar refractivity (Wildman–Crippen MR) is 311 cm³/mol. The summed E-state index contributed by atoms with van der Waals surface area (Å²) in [6, 6.07) is 25.3. The second-order valence-corrected chi connectivity index (χ2v) is 24.4. The Bertz CT molecular complexity index is 2920. The van der Waals surface area contributed by atoms with Gasteiger partial charge in [0.25, 0.3) is 11.8 Å². The lowest BCUT2D eigenvalue weighted by Crippen LogP contribution is -2.56. The summed E-state index contributed by atoms with van der Waals surface area (Å²) in [5.74, 6) is -7.32. The lowest BCUT2D eigenvalue weighted by molar-refractivity contribution is -0.198. The van der Waals surface area contributed by atoms with Gasteiger partial charge in [-0.2, -0.15) is 0 Å². The number of hydrogen-bond acceptors (Lipinski definition) is 20. The first-order chi connectivity index (χ1) is 41.3. The minimum absolute atomic E-state index is 0.0790. The summed E-state index contributed by atoms with van der Waals surface area (Å²) in [4.78, 5) is 55.9. The van der Waals surface area contributed by atoms with E-state index in [0.717, 1.165) is 11.1 Å². The molecule has 8 aliphatic rings. The summed E-state index contributed by atoms with van der Waals surface area (Å²) in [6.45, 7) is 18.0. The van der Waals surface area contributed by atoms with Crippen molar-refractivity contribution in [1.82, 2.24) is 0 Å². The Balaban J connectivity index is 0.00000274. The number of carbonyl (C=O) groups excluding carboxylic acids is 4. The van der Waals surface area contributed by atoms with Crippen LogP contribution in [0.25, 0.3) is 0 Å². The van der Waals surface area contributed by atoms with Gasteiger partial charge >= 0.3 is 11.9 Å². The maximum absolute atomic E-state index is 14.7. The third-order valence-electron chi connectivity index (χ3n) is 15.7. The molecule has 4 aliphatic heterocycles. The Hall–Kier alpha value is -6.06. The highest BCUT2D eigenvalue weighted by Crippen LogP contribution is 2.46. The van der Waals surface area contributed by atoms with Gasteiger partial charge in [-0.25, -0.2) is 9.59 Å². The van der Waals surface area contributed by atoms with Crippen molar-refractivity contribution >= 4 is 35.1 Å². The predicted octanol–water partition coefficient (Wildman–Crippen LogP) is 6.57. The Morgan fingerprint density at radius 3 is 1.11 bits per heavy atom. The van der Waals surface area contributed by atoms with Gasteiger partial charge in [0.2, 0.25) is 0 Å². The largest absolute Gasteiger partial charge is 0.466 e. The summed E-state index contributed by atoms with van der Waals surface area (Å²) in [5.41, 5.74) is 2.75. The van der Waals surface area contributed by atoms with Gasteiger partial charge in [-0.1, -0.05) is 87.0 Å². The van der Waals surface area contributed by atoms with Gasteiger partial charge in [-0.05, 0) is 109 Å². The molecule has 22 heteroatoms. The van der Waals surface area contributed by atoms with Crippen LogP contribution in [0.1, 0.15) is 86.8 Å². The molecule has 4 saturated heterocycles. The smallest absolute Gasteiger partial charge is 0.336 e. The highest BCUT2D eigenvalue weighted by molar-refractivity contribution is 6.07. The van der Waals surface area contributed by atoms with Crippen LogP contribution in [0.2, 0.25) is 0 Å². The maximum atomic E-state index is 14.7. The molecule has 4 N–H and O–H groups in total. The lowest BCUT2D eigenvalue weighted by atomic mass is 9.86. The Morgan fingerprint density at radius 1 is 0.448 bits per heavy atom. The first-order valence-electron chi connectivity index (χ1n) is 29.5.